The first-order valence-electron chi connectivity index (χ1n) is 6.41. The van der Waals surface area contributed by atoms with Crippen molar-refractivity contribution >= 4 is 26.1 Å². The van der Waals surface area contributed by atoms with E-state index >= 15 is 0 Å². The molecule has 1 aromatic rings. The van der Waals surface area contributed by atoms with Crippen LogP contribution >= 0.6 is 15.9 Å². The van der Waals surface area contributed by atoms with Gasteiger partial charge < -0.3 is 0 Å². The van der Waals surface area contributed by atoms with E-state index in [0.29, 0.717) is 31.5 Å². The number of alkyl halides is 1. The number of hydrogen-bond donors (Lipinski definition) is 0. The third-order valence-electron chi connectivity index (χ3n) is 2.89. The van der Waals surface area contributed by atoms with Gasteiger partial charge in [0.25, 0.3) is 10.2 Å². The summed E-state index contributed by atoms with van der Waals surface area (Å²) in [6.07, 6.45) is 0. The fourth-order valence-electron chi connectivity index (χ4n) is 1.87. The third kappa shape index (κ3) is 4.56. The summed E-state index contributed by atoms with van der Waals surface area (Å²) in [5.41, 5.74) is 0.999. The van der Waals surface area contributed by atoms with Crippen molar-refractivity contribution in [1.29, 1.82) is 0 Å². The number of halogens is 1. The fourth-order valence-corrected chi connectivity index (χ4v) is 4.15. The molecule has 0 fully saturated rings. The Bertz CT molecular complexity index is 461. The van der Waals surface area contributed by atoms with Gasteiger partial charge in [0.2, 0.25) is 0 Å². The van der Waals surface area contributed by atoms with Crippen LogP contribution in [0.2, 0.25) is 0 Å². The summed E-state index contributed by atoms with van der Waals surface area (Å²) < 4.78 is 28.0. The molecule has 19 heavy (non-hydrogen) atoms. The molecular formula is C13H21BrN2O2S. The van der Waals surface area contributed by atoms with Gasteiger partial charge in [0.1, 0.15) is 0 Å². The van der Waals surface area contributed by atoms with Crippen LogP contribution in [0.4, 0.5) is 0 Å². The van der Waals surface area contributed by atoms with Crippen molar-refractivity contribution in [3.05, 3.63) is 35.9 Å². The van der Waals surface area contributed by atoms with E-state index in [1.54, 1.807) is 0 Å². The van der Waals surface area contributed by atoms with Crippen LogP contribution in [0.3, 0.4) is 0 Å². The molecular weight excluding hydrogens is 328 g/mol. The standard InChI is InChI=1S/C13H21BrN2O2S/c1-3-15(4-2)19(17,18)16(11-10-14)12-13-8-6-5-7-9-13/h5-9H,3-4,10-12H2,1-2H3. The Morgan fingerprint density at radius 3 is 2.11 bits per heavy atom. The summed E-state index contributed by atoms with van der Waals surface area (Å²) in [6, 6.07) is 9.66. The molecule has 0 aliphatic rings. The molecule has 0 aromatic heterocycles. The van der Waals surface area contributed by atoms with Crippen molar-refractivity contribution in [2.24, 2.45) is 0 Å². The Balaban J connectivity index is 2.94. The Hall–Kier alpha value is -0.430. The van der Waals surface area contributed by atoms with E-state index in [1.165, 1.54) is 8.61 Å². The van der Waals surface area contributed by atoms with E-state index in [9.17, 15) is 8.42 Å². The van der Waals surface area contributed by atoms with Gasteiger partial charge in [-0.25, -0.2) is 0 Å². The van der Waals surface area contributed by atoms with Crippen LogP contribution in [-0.4, -0.2) is 42.0 Å². The van der Waals surface area contributed by atoms with Crippen LogP contribution < -0.4 is 0 Å². The highest BCUT2D eigenvalue weighted by Gasteiger charge is 2.27. The van der Waals surface area contributed by atoms with Crippen molar-refractivity contribution in [2.75, 3.05) is 25.0 Å². The van der Waals surface area contributed by atoms with Gasteiger partial charge in [0.15, 0.2) is 0 Å². The molecule has 0 saturated heterocycles. The van der Waals surface area contributed by atoms with E-state index in [1.807, 2.05) is 44.2 Å². The lowest BCUT2D eigenvalue weighted by molar-refractivity contribution is 0.354. The first-order valence-corrected chi connectivity index (χ1v) is 8.93. The van der Waals surface area contributed by atoms with Crippen molar-refractivity contribution in [3.8, 4) is 0 Å². The smallest absolute Gasteiger partial charge is 0.195 e. The maximum atomic E-state index is 12.5. The van der Waals surface area contributed by atoms with Gasteiger partial charge in [-0.2, -0.15) is 17.0 Å². The lowest BCUT2D eigenvalue weighted by Gasteiger charge is -2.28. The maximum Gasteiger partial charge on any atom is 0.282 e. The van der Waals surface area contributed by atoms with Crippen molar-refractivity contribution < 1.29 is 8.42 Å². The Kier molecular flexibility index (Phi) is 6.99. The minimum atomic E-state index is -3.39. The first kappa shape index (κ1) is 16.6. The summed E-state index contributed by atoms with van der Waals surface area (Å²) in [5.74, 6) is 0. The highest BCUT2D eigenvalue weighted by Crippen LogP contribution is 2.13. The van der Waals surface area contributed by atoms with E-state index < -0.39 is 10.2 Å². The Labute approximate surface area is 124 Å². The zero-order valence-electron chi connectivity index (χ0n) is 11.4. The van der Waals surface area contributed by atoms with Gasteiger partial charge in [0.05, 0.1) is 0 Å². The topological polar surface area (TPSA) is 40.6 Å². The zero-order chi connectivity index (χ0) is 14.3. The molecule has 0 amide bonds. The molecule has 1 rings (SSSR count). The number of hydrogen-bond acceptors (Lipinski definition) is 2. The van der Waals surface area contributed by atoms with Gasteiger partial charge >= 0.3 is 0 Å². The zero-order valence-corrected chi connectivity index (χ0v) is 13.8. The average molecular weight is 349 g/mol. The van der Waals surface area contributed by atoms with Gasteiger partial charge in [-0.1, -0.05) is 60.1 Å². The monoisotopic (exact) mass is 348 g/mol. The quantitative estimate of drug-likeness (QED) is 0.677. The van der Waals surface area contributed by atoms with Gasteiger partial charge in [-0.3, -0.25) is 0 Å². The van der Waals surface area contributed by atoms with E-state index in [0.717, 1.165) is 5.56 Å². The van der Waals surface area contributed by atoms with Crippen LogP contribution in [0, 0.1) is 0 Å². The average Bonchev–Trinajstić information content (AvgIpc) is 2.40. The molecule has 0 bridgehead atoms. The molecule has 6 heteroatoms. The van der Waals surface area contributed by atoms with Crippen molar-refractivity contribution in [3.63, 3.8) is 0 Å². The minimum absolute atomic E-state index is 0.408. The fraction of sp³-hybridized carbons (Fsp3) is 0.538. The molecule has 0 aliphatic heterocycles. The lowest BCUT2D eigenvalue weighted by Crippen LogP contribution is -2.44. The normalized spacial score (nSPS) is 12.3. The van der Waals surface area contributed by atoms with Crippen LogP contribution in [0.15, 0.2) is 30.3 Å². The summed E-state index contributed by atoms with van der Waals surface area (Å²) in [4.78, 5) is 0. The summed E-state index contributed by atoms with van der Waals surface area (Å²) in [6.45, 7) is 5.57. The molecule has 0 spiro atoms. The van der Waals surface area contributed by atoms with Crippen molar-refractivity contribution in [2.45, 2.75) is 20.4 Å². The second-order valence-corrected chi connectivity index (χ2v) is 6.82. The second-order valence-electron chi connectivity index (χ2n) is 4.10. The number of benzene rings is 1. The molecule has 0 N–H and O–H groups in total. The predicted octanol–water partition coefficient (Wildman–Crippen LogP) is 2.47. The van der Waals surface area contributed by atoms with Gasteiger partial charge in [0, 0.05) is 31.5 Å². The predicted molar refractivity (Wildman–Crippen MR) is 82.5 cm³/mol. The SMILES string of the molecule is CCN(CC)S(=O)(=O)N(CCBr)Cc1ccccc1. The maximum absolute atomic E-state index is 12.5. The van der Waals surface area contributed by atoms with Crippen LogP contribution in [-0.2, 0) is 16.8 Å². The highest BCUT2D eigenvalue weighted by atomic mass is 79.9. The minimum Gasteiger partial charge on any atom is -0.195 e. The Morgan fingerprint density at radius 1 is 1.05 bits per heavy atom. The van der Waals surface area contributed by atoms with E-state index in [-0.39, 0.29) is 0 Å². The van der Waals surface area contributed by atoms with Gasteiger partial charge in [-0.15, -0.1) is 0 Å². The lowest BCUT2D eigenvalue weighted by atomic mass is 10.2. The van der Waals surface area contributed by atoms with Crippen molar-refractivity contribution in [1.82, 2.24) is 8.61 Å². The van der Waals surface area contributed by atoms with E-state index in [2.05, 4.69) is 15.9 Å². The molecule has 4 nitrogen and oxygen atoms in total. The molecule has 0 saturated carbocycles. The second kappa shape index (κ2) is 7.99. The molecule has 1 aromatic carbocycles. The van der Waals surface area contributed by atoms with E-state index in [4.69, 9.17) is 0 Å². The van der Waals surface area contributed by atoms with Gasteiger partial charge in [-0.05, 0) is 5.56 Å². The Morgan fingerprint density at radius 2 is 1.63 bits per heavy atom. The molecule has 0 heterocycles. The largest absolute Gasteiger partial charge is 0.282 e. The van der Waals surface area contributed by atoms with Crippen LogP contribution in [0.1, 0.15) is 19.4 Å². The third-order valence-corrected chi connectivity index (χ3v) is 5.38. The molecule has 0 aliphatic carbocycles. The first-order chi connectivity index (χ1) is 9.06. The van der Waals surface area contributed by atoms with Crippen LogP contribution in [0.5, 0.6) is 0 Å². The summed E-state index contributed by atoms with van der Waals surface area (Å²) >= 11 is 3.32. The molecule has 0 atom stereocenters. The molecule has 108 valence electrons. The molecule has 0 unspecified atom stereocenters. The summed E-state index contributed by atoms with van der Waals surface area (Å²) in [7, 11) is -3.39. The number of nitrogens with zero attached hydrogens (tertiary/aromatic N) is 2. The molecule has 0 radical (unpaired) electrons. The number of rotatable bonds is 8. The highest BCUT2D eigenvalue weighted by molar-refractivity contribution is 9.09. The summed E-state index contributed by atoms with van der Waals surface area (Å²) in [5, 5.41) is 0.625. The van der Waals surface area contributed by atoms with Crippen LogP contribution in [0.25, 0.3) is 0 Å².